The monoisotopic (exact) mass is 249 g/mol. The molecular formula is C14H20FN3. The van der Waals surface area contributed by atoms with Crippen molar-refractivity contribution in [1.82, 2.24) is 4.90 Å². The van der Waals surface area contributed by atoms with Gasteiger partial charge < -0.3 is 5.73 Å². The molecule has 0 amide bonds. The predicted octanol–water partition coefficient (Wildman–Crippen LogP) is 2.31. The van der Waals surface area contributed by atoms with Gasteiger partial charge in [0, 0.05) is 19.1 Å². The van der Waals surface area contributed by atoms with Gasteiger partial charge in [-0.05, 0) is 31.2 Å². The molecule has 0 fully saturated rings. The first-order chi connectivity index (χ1) is 8.62. The summed E-state index contributed by atoms with van der Waals surface area (Å²) in [4.78, 5) is 2.11. The number of halogens is 1. The first-order valence-electron chi connectivity index (χ1n) is 6.21. The van der Waals surface area contributed by atoms with E-state index in [1.54, 1.807) is 6.07 Å². The molecule has 0 aliphatic carbocycles. The van der Waals surface area contributed by atoms with Crippen molar-refractivity contribution in [1.29, 1.82) is 5.26 Å². The van der Waals surface area contributed by atoms with Gasteiger partial charge in [0.1, 0.15) is 5.82 Å². The lowest BCUT2D eigenvalue weighted by Crippen LogP contribution is -2.36. The molecular weight excluding hydrogens is 229 g/mol. The summed E-state index contributed by atoms with van der Waals surface area (Å²) in [5.41, 5.74) is 6.67. The lowest BCUT2D eigenvalue weighted by atomic mass is 10.0. The van der Waals surface area contributed by atoms with E-state index in [9.17, 15) is 4.39 Å². The van der Waals surface area contributed by atoms with Gasteiger partial charge in [-0.3, -0.25) is 4.90 Å². The summed E-state index contributed by atoms with van der Waals surface area (Å²) in [6.45, 7) is 5.74. The molecule has 0 aliphatic rings. The second kappa shape index (κ2) is 7.10. The largest absolute Gasteiger partial charge is 0.329 e. The van der Waals surface area contributed by atoms with Crippen LogP contribution in [0.2, 0.25) is 0 Å². The Hall–Kier alpha value is -1.44. The molecule has 0 aliphatic heterocycles. The average molecular weight is 249 g/mol. The quantitative estimate of drug-likeness (QED) is 0.841. The van der Waals surface area contributed by atoms with Crippen molar-refractivity contribution in [2.75, 3.05) is 19.6 Å². The minimum Gasteiger partial charge on any atom is -0.329 e. The second-order valence-electron chi connectivity index (χ2n) is 4.42. The Kier molecular flexibility index (Phi) is 5.76. The van der Waals surface area contributed by atoms with E-state index in [0.717, 1.165) is 12.1 Å². The van der Waals surface area contributed by atoms with Crippen LogP contribution in [0.15, 0.2) is 24.3 Å². The fourth-order valence-electron chi connectivity index (χ4n) is 2.08. The van der Waals surface area contributed by atoms with E-state index >= 15 is 0 Å². The van der Waals surface area contributed by atoms with Gasteiger partial charge in [0.05, 0.1) is 12.0 Å². The van der Waals surface area contributed by atoms with Crippen LogP contribution in [0.1, 0.15) is 25.5 Å². The van der Waals surface area contributed by atoms with Crippen LogP contribution in [-0.4, -0.2) is 24.5 Å². The summed E-state index contributed by atoms with van der Waals surface area (Å²) in [5, 5.41) is 8.88. The molecule has 0 radical (unpaired) electrons. The molecule has 1 aromatic rings. The van der Waals surface area contributed by atoms with Gasteiger partial charge in [-0.2, -0.15) is 5.26 Å². The Morgan fingerprint density at radius 2 is 2.22 bits per heavy atom. The second-order valence-corrected chi connectivity index (χ2v) is 4.42. The maximum absolute atomic E-state index is 13.2. The van der Waals surface area contributed by atoms with E-state index in [-0.39, 0.29) is 17.8 Å². The van der Waals surface area contributed by atoms with Crippen molar-refractivity contribution in [2.24, 2.45) is 11.7 Å². The fraction of sp³-hybridized carbons (Fsp3) is 0.500. The van der Waals surface area contributed by atoms with Crippen LogP contribution in [0.3, 0.4) is 0 Å². The summed E-state index contributed by atoms with van der Waals surface area (Å²) in [6, 6.07) is 8.67. The number of benzene rings is 1. The Balaban J connectivity index is 2.90. The van der Waals surface area contributed by atoms with Crippen LogP contribution >= 0.6 is 0 Å². The van der Waals surface area contributed by atoms with Gasteiger partial charge >= 0.3 is 0 Å². The third-order valence-electron chi connectivity index (χ3n) is 3.03. The lowest BCUT2D eigenvalue weighted by molar-refractivity contribution is 0.197. The van der Waals surface area contributed by atoms with E-state index < -0.39 is 0 Å². The molecule has 1 rings (SSSR count). The van der Waals surface area contributed by atoms with E-state index in [0.29, 0.717) is 13.1 Å². The zero-order chi connectivity index (χ0) is 13.5. The highest BCUT2D eigenvalue weighted by Gasteiger charge is 2.19. The predicted molar refractivity (Wildman–Crippen MR) is 70.2 cm³/mol. The molecule has 98 valence electrons. The van der Waals surface area contributed by atoms with Crippen LogP contribution in [0, 0.1) is 23.1 Å². The van der Waals surface area contributed by atoms with Gasteiger partial charge in [0.2, 0.25) is 0 Å². The van der Waals surface area contributed by atoms with E-state index in [1.807, 2.05) is 19.9 Å². The third-order valence-corrected chi connectivity index (χ3v) is 3.03. The van der Waals surface area contributed by atoms with Crippen molar-refractivity contribution >= 4 is 0 Å². The molecule has 4 heteroatoms. The highest BCUT2D eigenvalue weighted by molar-refractivity contribution is 5.20. The van der Waals surface area contributed by atoms with Crippen molar-refractivity contribution in [3.63, 3.8) is 0 Å². The summed E-state index contributed by atoms with van der Waals surface area (Å²) >= 11 is 0. The van der Waals surface area contributed by atoms with E-state index in [4.69, 9.17) is 11.0 Å². The topological polar surface area (TPSA) is 53.0 Å². The van der Waals surface area contributed by atoms with E-state index in [2.05, 4.69) is 11.0 Å². The molecule has 0 saturated carbocycles. The van der Waals surface area contributed by atoms with Crippen LogP contribution in [-0.2, 0) is 0 Å². The minimum atomic E-state index is -0.254. The number of rotatable bonds is 6. The molecule has 2 unspecified atom stereocenters. The SMILES string of the molecule is CCN(CC(C)C#N)C(CN)c1cccc(F)c1. The van der Waals surface area contributed by atoms with Crippen molar-refractivity contribution < 1.29 is 4.39 Å². The summed E-state index contributed by atoms with van der Waals surface area (Å²) in [6.07, 6.45) is 0. The molecule has 3 nitrogen and oxygen atoms in total. The normalized spacial score (nSPS) is 14.2. The molecule has 0 heterocycles. The van der Waals surface area contributed by atoms with E-state index in [1.165, 1.54) is 12.1 Å². The van der Waals surface area contributed by atoms with Crippen LogP contribution in [0.25, 0.3) is 0 Å². The highest BCUT2D eigenvalue weighted by atomic mass is 19.1. The zero-order valence-electron chi connectivity index (χ0n) is 10.9. The maximum Gasteiger partial charge on any atom is 0.123 e. The summed E-state index contributed by atoms with van der Waals surface area (Å²) in [5.74, 6) is -0.317. The minimum absolute atomic E-state index is 0.0403. The molecule has 0 saturated heterocycles. The number of nitriles is 1. The van der Waals surface area contributed by atoms with Crippen molar-refractivity contribution in [3.05, 3.63) is 35.6 Å². The molecule has 1 aromatic carbocycles. The molecule has 2 atom stereocenters. The third kappa shape index (κ3) is 3.80. The van der Waals surface area contributed by atoms with Gasteiger partial charge in [-0.1, -0.05) is 19.1 Å². The standard InChI is InChI=1S/C14H20FN3/c1-3-18(10-11(2)8-16)14(9-17)12-5-4-6-13(15)7-12/h4-7,11,14H,3,9-10,17H2,1-2H3. The van der Waals surface area contributed by atoms with Gasteiger partial charge in [0.25, 0.3) is 0 Å². The van der Waals surface area contributed by atoms with Gasteiger partial charge in [-0.25, -0.2) is 4.39 Å². The Bertz CT molecular complexity index is 414. The molecule has 0 spiro atoms. The Morgan fingerprint density at radius 1 is 1.50 bits per heavy atom. The number of nitrogens with two attached hydrogens (primary N) is 1. The number of likely N-dealkylation sites (N-methyl/N-ethyl adjacent to an activating group) is 1. The first kappa shape index (κ1) is 14.6. The maximum atomic E-state index is 13.2. The van der Waals surface area contributed by atoms with Crippen molar-refractivity contribution in [2.45, 2.75) is 19.9 Å². The van der Waals surface area contributed by atoms with Crippen LogP contribution in [0.4, 0.5) is 4.39 Å². The highest BCUT2D eigenvalue weighted by Crippen LogP contribution is 2.21. The fourth-order valence-corrected chi connectivity index (χ4v) is 2.08. The van der Waals surface area contributed by atoms with Gasteiger partial charge in [-0.15, -0.1) is 0 Å². The number of nitrogens with zero attached hydrogens (tertiary/aromatic N) is 2. The lowest BCUT2D eigenvalue weighted by Gasteiger charge is -2.31. The molecule has 2 N–H and O–H groups in total. The Morgan fingerprint density at radius 3 is 2.72 bits per heavy atom. The first-order valence-corrected chi connectivity index (χ1v) is 6.21. The van der Waals surface area contributed by atoms with Crippen LogP contribution in [0.5, 0.6) is 0 Å². The number of hydrogen-bond donors (Lipinski definition) is 1. The molecule has 0 aromatic heterocycles. The zero-order valence-corrected chi connectivity index (χ0v) is 10.9. The summed E-state index contributed by atoms with van der Waals surface area (Å²) in [7, 11) is 0. The number of hydrogen-bond acceptors (Lipinski definition) is 3. The average Bonchev–Trinajstić information content (AvgIpc) is 2.38. The molecule has 0 bridgehead atoms. The summed E-state index contributed by atoms with van der Waals surface area (Å²) < 4.78 is 13.2. The molecule has 18 heavy (non-hydrogen) atoms. The van der Waals surface area contributed by atoms with Gasteiger partial charge in [0.15, 0.2) is 0 Å². The van der Waals surface area contributed by atoms with Crippen LogP contribution < -0.4 is 5.73 Å². The smallest absolute Gasteiger partial charge is 0.123 e. The van der Waals surface area contributed by atoms with Crippen molar-refractivity contribution in [3.8, 4) is 6.07 Å². The Labute approximate surface area is 108 Å².